The Morgan fingerprint density at radius 3 is 1.46 bits per heavy atom. The quantitative estimate of drug-likeness (QED) is 0.494. The second kappa shape index (κ2) is 11.8. The Morgan fingerprint density at radius 2 is 1.31 bits per heavy atom. The first-order chi connectivity index (χ1) is 5.13. The summed E-state index contributed by atoms with van der Waals surface area (Å²) in [5.74, 6) is 0. The molecule has 0 fully saturated rings. The van der Waals surface area contributed by atoms with Gasteiger partial charge in [-0.1, -0.05) is 6.07 Å². The molecule has 0 aliphatic rings. The van der Waals surface area contributed by atoms with Crippen LogP contribution in [0.5, 0.6) is 0 Å². The number of benzene rings is 1. The van der Waals surface area contributed by atoms with Crippen LogP contribution in [0.4, 0.5) is 13.2 Å². The van der Waals surface area contributed by atoms with Gasteiger partial charge in [-0.25, -0.2) is 0 Å². The molecule has 1 aromatic carbocycles. The van der Waals surface area contributed by atoms with Crippen molar-refractivity contribution in [1.29, 1.82) is 0 Å². The van der Waals surface area contributed by atoms with Crippen LogP contribution in [0.1, 0.15) is 5.56 Å². The van der Waals surface area contributed by atoms with Crippen LogP contribution in [-0.2, 0) is 19.5 Å². The Kier molecular flexibility index (Phi) is 16.8. The van der Waals surface area contributed by atoms with Gasteiger partial charge in [-0.05, 0) is 0 Å². The van der Waals surface area contributed by atoms with E-state index >= 15 is 0 Å². The van der Waals surface area contributed by atoms with E-state index in [-0.39, 0.29) is 31.9 Å². The molecular formula is C8H8ClF3Zn. The fourth-order valence-corrected chi connectivity index (χ4v) is 0.478. The molecule has 0 unspecified atom stereocenters. The standard InChI is InChI=1S/C7H7.CF3.ClH.Zn/c1-7-5-3-2-4-6-7;2-1(3)4;;/h2-6H,1H2;;1H;/q2*-1;;+2. The Morgan fingerprint density at radius 1 is 1.00 bits per heavy atom. The van der Waals surface area contributed by atoms with E-state index in [0.29, 0.717) is 0 Å². The first kappa shape index (κ1) is 18.6. The van der Waals surface area contributed by atoms with Gasteiger partial charge in [0.05, 0.1) is 0 Å². The summed E-state index contributed by atoms with van der Waals surface area (Å²) < 4.78 is 28.8. The summed E-state index contributed by atoms with van der Waals surface area (Å²) >= 11 is 0. The monoisotopic (exact) mass is 260 g/mol. The third kappa shape index (κ3) is 18.6. The first-order valence-electron chi connectivity index (χ1n) is 2.83. The van der Waals surface area contributed by atoms with E-state index in [2.05, 4.69) is 6.92 Å². The Bertz CT molecular complexity index is 179. The zero-order valence-corrected chi connectivity index (χ0v) is 10.6. The average molecular weight is 262 g/mol. The summed E-state index contributed by atoms with van der Waals surface area (Å²) in [7, 11) is 0. The number of halogens is 4. The molecule has 0 saturated heterocycles. The summed E-state index contributed by atoms with van der Waals surface area (Å²) in [5, 5.41) is 0. The molecule has 0 saturated carbocycles. The molecule has 13 heavy (non-hydrogen) atoms. The van der Waals surface area contributed by atoms with Crippen molar-refractivity contribution in [1.82, 2.24) is 0 Å². The molecule has 0 heterocycles. The van der Waals surface area contributed by atoms with E-state index < -0.39 is 6.68 Å². The van der Waals surface area contributed by atoms with Gasteiger partial charge >= 0.3 is 19.5 Å². The van der Waals surface area contributed by atoms with Crippen LogP contribution < -0.4 is 0 Å². The van der Waals surface area contributed by atoms with E-state index in [0.717, 1.165) is 5.56 Å². The maximum atomic E-state index is 9.58. The van der Waals surface area contributed by atoms with Crippen LogP contribution in [0.15, 0.2) is 30.3 Å². The van der Waals surface area contributed by atoms with Gasteiger partial charge in [-0.2, -0.15) is 24.6 Å². The summed E-state index contributed by atoms with van der Waals surface area (Å²) in [6, 6.07) is 9.87. The predicted molar refractivity (Wildman–Crippen MR) is 44.7 cm³/mol. The molecule has 1 rings (SSSR count). The Labute approximate surface area is 94.7 Å². The molecule has 0 aromatic heterocycles. The third-order valence-electron chi connectivity index (χ3n) is 0.843. The van der Waals surface area contributed by atoms with Crippen LogP contribution in [0.3, 0.4) is 0 Å². The van der Waals surface area contributed by atoms with Crippen molar-refractivity contribution in [2.24, 2.45) is 0 Å². The molecule has 70 valence electrons. The van der Waals surface area contributed by atoms with Crippen molar-refractivity contribution in [3.63, 3.8) is 0 Å². The topological polar surface area (TPSA) is 0 Å². The van der Waals surface area contributed by atoms with E-state index in [1.165, 1.54) is 0 Å². The van der Waals surface area contributed by atoms with E-state index in [1.807, 2.05) is 30.3 Å². The maximum absolute atomic E-state index is 9.58. The average Bonchev–Trinajstić information content (AvgIpc) is 1.87. The fourth-order valence-electron chi connectivity index (χ4n) is 0.478. The molecule has 5 heteroatoms. The summed E-state index contributed by atoms with van der Waals surface area (Å²) in [6.45, 7) is 0.637. The molecule has 0 aliphatic heterocycles. The zero-order chi connectivity index (χ0) is 8.69. The molecule has 0 nitrogen and oxygen atoms in total. The van der Waals surface area contributed by atoms with Crippen molar-refractivity contribution in [2.75, 3.05) is 0 Å². The van der Waals surface area contributed by atoms with Crippen molar-refractivity contribution < 1.29 is 32.6 Å². The van der Waals surface area contributed by atoms with Gasteiger partial charge in [0.2, 0.25) is 0 Å². The SMILES string of the molecule is Cl.F[C-](F)F.[CH2-]c1ccccc1.[Zn+2]. The van der Waals surface area contributed by atoms with Gasteiger partial charge < -0.3 is 13.2 Å². The minimum absolute atomic E-state index is 0. The Balaban J connectivity index is -0.000000150. The summed E-state index contributed by atoms with van der Waals surface area (Å²) in [6.07, 6.45) is 0. The van der Waals surface area contributed by atoms with Crippen LogP contribution >= 0.6 is 12.4 Å². The Hall–Kier alpha value is -0.207. The summed E-state index contributed by atoms with van der Waals surface area (Å²) in [4.78, 5) is 0. The molecular weight excluding hydrogens is 254 g/mol. The molecule has 0 amide bonds. The summed E-state index contributed by atoms with van der Waals surface area (Å²) in [5.41, 5.74) is 1.07. The van der Waals surface area contributed by atoms with Crippen molar-refractivity contribution in [2.45, 2.75) is 0 Å². The zero-order valence-electron chi connectivity index (χ0n) is 6.84. The number of hydrogen-bond donors (Lipinski definition) is 0. The van der Waals surface area contributed by atoms with Crippen molar-refractivity contribution in [3.05, 3.63) is 49.5 Å². The van der Waals surface area contributed by atoms with E-state index in [4.69, 9.17) is 0 Å². The van der Waals surface area contributed by atoms with Crippen LogP contribution in [0.25, 0.3) is 0 Å². The maximum Gasteiger partial charge on any atom is 2.00 e. The minimum atomic E-state index is -3.08. The largest absolute Gasteiger partial charge is 2.00 e. The van der Waals surface area contributed by atoms with Crippen molar-refractivity contribution >= 4 is 12.4 Å². The minimum Gasteiger partial charge on any atom is -0.385 e. The van der Waals surface area contributed by atoms with E-state index in [9.17, 15) is 13.2 Å². The van der Waals surface area contributed by atoms with Gasteiger partial charge in [0.1, 0.15) is 0 Å². The van der Waals surface area contributed by atoms with Gasteiger partial charge in [-0.3, -0.25) is 0 Å². The van der Waals surface area contributed by atoms with Crippen LogP contribution in [-0.4, -0.2) is 0 Å². The van der Waals surface area contributed by atoms with Gasteiger partial charge in [0, 0.05) is 0 Å². The molecule has 0 spiro atoms. The van der Waals surface area contributed by atoms with Crippen LogP contribution in [0, 0.1) is 13.6 Å². The second-order valence-electron chi connectivity index (χ2n) is 1.70. The predicted octanol–water partition coefficient (Wildman–Crippen LogP) is 3.63. The molecule has 0 atom stereocenters. The third-order valence-corrected chi connectivity index (χ3v) is 0.843. The molecule has 0 bridgehead atoms. The molecule has 0 N–H and O–H groups in total. The van der Waals surface area contributed by atoms with Crippen LogP contribution in [0.2, 0.25) is 0 Å². The van der Waals surface area contributed by atoms with Gasteiger partial charge in [0.25, 0.3) is 0 Å². The normalized spacial score (nSPS) is 7.38. The van der Waals surface area contributed by atoms with Gasteiger partial charge in [0.15, 0.2) is 6.68 Å². The fraction of sp³-hybridized carbons (Fsp3) is 0. The molecule has 0 radical (unpaired) electrons. The van der Waals surface area contributed by atoms with Gasteiger partial charge in [-0.15, -0.1) is 24.5 Å². The molecule has 0 aliphatic carbocycles. The number of hydrogen-bond acceptors (Lipinski definition) is 0. The molecule has 1 aromatic rings. The number of rotatable bonds is 0. The van der Waals surface area contributed by atoms with Crippen molar-refractivity contribution in [3.8, 4) is 0 Å². The van der Waals surface area contributed by atoms with E-state index in [1.54, 1.807) is 0 Å². The first-order valence-corrected chi connectivity index (χ1v) is 2.83. The smallest absolute Gasteiger partial charge is 0.385 e. The second-order valence-corrected chi connectivity index (χ2v) is 1.70.